The lowest BCUT2D eigenvalue weighted by molar-refractivity contribution is 0.111. The van der Waals surface area contributed by atoms with Crippen molar-refractivity contribution >= 4 is 6.29 Å². The minimum absolute atomic E-state index is 0.495. The van der Waals surface area contributed by atoms with Gasteiger partial charge in [-0.2, -0.15) is 0 Å². The van der Waals surface area contributed by atoms with Crippen molar-refractivity contribution in [3.05, 3.63) is 36.4 Å². The van der Waals surface area contributed by atoms with Crippen molar-refractivity contribution in [1.82, 2.24) is 19.5 Å². The smallest absolute Gasteiger partial charge is 0.167 e. The van der Waals surface area contributed by atoms with Crippen molar-refractivity contribution in [1.29, 1.82) is 0 Å². The summed E-state index contributed by atoms with van der Waals surface area (Å²) >= 11 is 0. The lowest BCUT2D eigenvalue weighted by Gasteiger charge is -1.96. The average molecular weight is 176 g/mol. The predicted molar refractivity (Wildman–Crippen MR) is 45.3 cm³/mol. The van der Waals surface area contributed by atoms with Crippen LogP contribution in [0.2, 0.25) is 0 Å². The van der Waals surface area contributed by atoms with E-state index >= 15 is 0 Å². The van der Waals surface area contributed by atoms with E-state index in [-0.39, 0.29) is 0 Å². The first kappa shape index (κ1) is 7.72. The number of carbonyl (C=O) groups is 1. The molecule has 0 aliphatic heterocycles. The normalized spacial score (nSPS) is 10.2. The molecular weight excluding hydrogens is 168 g/mol. The summed E-state index contributed by atoms with van der Waals surface area (Å²) in [4.78, 5) is 21.1. The molecule has 0 amide bonds. The zero-order valence-corrected chi connectivity index (χ0v) is 6.84. The number of nitrogens with one attached hydrogen (secondary N) is 1. The highest BCUT2D eigenvalue weighted by molar-refractivity contribution is 5.71. The summed E-state index contributed by atoms with van der Waals surface area (Å²) in [5.41, 5.74) is 0.495. The molecule has 5 heteroatoms. The number of rotatable bonds is 3. The molecule has 2 rings (SSSR count). The number of aromatic nitrogens is 4. The number of aromatic amines is 1. The van der Waals surface area contributed by atoms with Gasteiger partial charge in [-0.15, -0.1) is 0 Å². The summed E-state index contributed by atoms with van der Waals surface area (Å²) in [6.45, 7) is 0.605. The molecule has 5 nitrogen and oxygen atoms in total. The molecule has 0 saturated carbocycles. The van der Waals surface area contributed by atoms with Crippen LogP contribution in [0.4, 0.5) is 0 Å². The number of H-pyrrole nitrogens is 1. The first-order valence-corrected chi connectivity index (χ1v) is 3.83. The molecule has 0 bridgehead atoms. The van der Waals surface area contributed by atoms with Crippen molar-refractivity contribution in [3.8, 4) is 0 Å². The van der Waals surface area contributed by atoms with Gasteiger partial charge in [-0.1, -0.05) is 0 Å². The zero-order chi connectivity index (χ0) is 9.10. The van der Waals surface area contributed by atoms with E-state index in [1.165, 1.54) is 6.20 Å². The van der Waals surface area contributed by atoms with E-state index in [4.69, 9.17) is 0 Å². The van der Waals surface area contributed by atoms with Gasteiger partial charge < -0.3 is 9.55 Å². The third-order valence-corrected chi connectivity index (χ3v) is 1.67. The van der Waals surface area contributed by atoms with E-state index in [1.54, 1.807) is 12.5 Å². The summed E-state index contributed by atoms with van der Waals surface area (Å²) in [7, 11) is 0. The number of imidazole rings is 2. The fourth-order valence-corrected chi connectivity index (χ4v) is 1.07. The first-order valence-electron chi connectivity index (χ1n) is 3.83. The zero-order valence-electron chi connectivity index (χ0n) is 6.84. The fourth-order valence-electron chi connectivity index (χ4n) is 1.07. The third-order valence-electron chi connectivity index (χ3n) is 1.67. The second kappa shape index (κ2) is 3.22. The Bertz CT molecular complexity index is 390. The highest BCUT2D eigenvalue weighted by Gasteiger charge is 1.99. The standard InChI is InChI=1S/C8H8N4O/c13-5-7-3-10-8(11-7)4-12-2-1-9-6-12/h1-3,5-6H,4H2,(H,10,11). The van der Waals surface area contributed by atoms with Crippen LogP contribution in [0.5, 0.6) is 0 Å². The number of nitrogens with zero attached hydrogens (tertiary/aromatic N) is 3. The molecule has 2 heterocycles. The van der Waals surface area contributed by atoms with E-state index in [0.717, 1.165) is 12.1 Å². The molecule has 0 aliphatic rings. The van der Waals surface area contributed by atoms with Gasteiger partial charge in [-0.25, -0.2) is 9.97 Å². The molecule has 0 unspecified atom stereocenters. The van der Waals surface area contributed by atoms with Crippen LogP contribution in [-0.2, 0) is 6.54 Å². The fraction of sp³-hybridized carbons (Fsp3) is 0.125. The minimum Gasteiger partial charge on any atom is -0.338 e. The highest BCUT2D eigenvalue weighted by Crippen LogP contribution is 1.97. The molecule has 0 aliphatic carbocycles. The molecular formula is C8H8N4O. The van der Waals surface area contributed by atoms with Crippen molar-refractivity contribution < 1.29 is 4.79 Å². The monoisotopic (exact) mass is 176 g/mol. The van der Waals surface area contributed by atoms with Crippen LogP contribution in [-0.4, -0.2) is 25.8 Å². The SMILES string of the molecule is O=Cc1cnc(Cn2ccnc2)[nH]1. The molecule has 66 valence electrons. The van der Waals surface area contributed by atoms with Crippen molar-refractivity contribution in [2.75, 3.05) is 0 Å². The largest absolute Gasteiger partial charge is 0.338 e. The maximum Gasteiger partial charge on any atom is 0.167 e. The van der Waals surface area contributed by atoms with Crippen molar-refractivity contribution in [3.63, 3.8) is 0 Å². The van der Waals surface area contributed by atoms with Gasteiger partial charge in [0.2, 0.25) is 0 Å². The summed E-state index contributed by atoms with van der Waals surface area (Å²) < 4.78 is 1.87. The maximum atomic E-state index is 10.3. The molecule has 13 heavy (non-hydrogen) atoms. The van der Waals surface area contributed by atoms with E-state index in [1.807, 2.05) is 10.8 Å². The van der Waals surface area contributed by atoms with Crippen molar-refractivity contribution in [2.24, 2.45) is 0 Å². The maximum absolute atomic E-state index is 10.3. The third kappa shape index (κ3) is 1.64. The Labute approximate surface area is 74.4 Å². The van der Waals surface area contributed by atoms with Gasteiger partial charge in [0.05, 0.1) is 24.8 Å². The average Bonchev–Trinajstić information content (AvgIpc) is 2.76. The Morgan fingerprint density at radius 1 is 1.62 bits per heavy atom. The summed E-state index contributed by atoms with van der Waals surface area (Å²) in [5.74, 6) is 0.750. The van der Waals surface area contributed by atoms with Gasteiger partial charge in [0.15, 0.2) is 6.29 Å². The lowest BCUT2D eigenvalue weighted by atomic mass is 10.5. The van der Waals surface area contributed by atoms with Gasteiger partial charge in [-0.3, -0.25) is 4.79 Å². The summed E-state index contributed by atoms with van der Waals surface area (Å²) in [5, 5.41) is 0. The van der Waals surface area contributed by atoms with Crippen LogP contribution in [0.3, 0.4) is 0 Å². The van der Waals surface area contributed by atoms with Crippen LogP contribution in [0.25, 0.3) is 0 Å². The minimum atomic E-state index is 0.495. The van der Waals surface area contributed by atoms with Crippen LogP contribution in [0.1, 0.15) is 16.3 Å². The second-order valence-corrected chi connectivity index (χ2v) is 2.64. The first-order chi connectivity index (χ1) is 6.38. The lowest BCUT2D eigenvalue weighted by Crippen LogP contribution is -1.98. The summed E-state index contributed by atoms with van der Waals surface area (Å²) in [6, 6.07) is 0. The van der Waals surface area contributed by atoms with E-state index in [9.17, 15) is 4.79 Å². The molecule has 0 fully saturated rings. The number of aldehydes is 1. The Balaban J connectivity index is 2.14. The molecule has 0 aromatic carbocycles. The van der Waals surface area contributed by atoms with Gasteiger partial charge in [0.1, 0.15) is 5.82 Å². The van der Waals surface area contributed by atoms with Gasteiger partial charge >= 0.3 is 0 Å². The van der Waals surface area contributed by atoms with Gasteiger partial charge in [0.25, 0.3) is 0 Å². The van der Waals surface area contributed by atoms with E-state index in [0.29, 0.717) is 12.2 Å². The van der Waals surface area contributed by atoms with Crippen LogP contribution in [0, 0.1) is 0 Å². The topological polar surface area (TPSA) is 63.6 Å². The Morgan fingerprint density at radius 3 is 3.15 bits per heavy atom. The Hall–Kier alpha value is -1.91. The quantitative estimate of drug-likeness (QED) is 0.691. The van der Waals surface area contributed by atoms with Gasteiger partial charge in [-0.05, 0) is 0 Å². The van der Waals surface area contributed by atoms with Crippen molar-refractivity contribution in [2.45, 2.75) is 6.54 Å². The Morgan fingerprint density at radius 2 is 2.54 bits per heavy atom. The summed E-state index contributed by atoms with van der Waals surface area (Å²) in [6.07, 6.45) is 7.49. The Kier molecular flexibility index (Phi) is 1.91. The second-order valence-electron chi connectivity index (χ2n) is 2.64. The van der Waals surface area contributed by atoms with Crippen LogP contribution in [0.15, 0.2) is 24.9 Å². The van der Waals surface area contributed by atoms with E-state index in [2.05, 4.69) is 15.0 Å². The molecule has 0 atom stereocenters. The van der Waals surface area contributed by atoms with Crippen LogP contribution >= 0.6 is 0 Å². The molecule has 2 aromatic heterocycles. The highest BCUT2D eigenvalue weighted by atomic mass is 16.1. The molecule has 0 radical (unpaired) electrons. The number of carbonyl (C=O) groups excluding carboxylic acids is 1. The predicted octanol–water partition coefficient (Wildman–Crippen LogP) is 0.467. The number of hydrogen-bond acceptors (Lipinski definition) is 3. The van der Waals surface area contributed by atoms with Crippen LogP contribution < -0.4 is 0 Å². The molecule has 2 aromatic rings. The molecule has 0 spiro atoms. The molecule has 0 saturated heterocycles. The van der Waals surface area contributed by atoms with Gasteiger partial charge in [0, 0.05) is 12.4 Å². The molecule has 1 N–H and O–H groups in total. The van der Waals surface area contributed by atoms with E-state index < -0.39 is 0 Å². The number of hydrogen-bond donors (Lipinski definition) is 1.